The Hall–Kier alpha value is -0.940. The van der Waals surface area contributed by atoms with Crippen LogP contribution >= 0.6 is 0 Å². The molecule has 5 heteroatoms. The van der Waals surface area contributed by atoms with Gasteiger partial charge in [0.1, 0.15) is 0 Å². The summed E-state index contributed by atoms with van der Waals surface area (Å²) in [7, 11) is 0. The summed E-state index contributed by atoms with van der Waals surface area (Å²) < 4.78 is 5.24. The van der Waals surface area contributed by atoms with Gasteiger partial charge in [-0.3, -0.25) is 4.90 Å². The minimum atomic E-state index is -0.549. The van der Waals surface area contributed by atoms with E-state index in [1.807, 2.05) is 13.8 Å². The Labute approximate surface area is 108 Å². The number of aromatic nitrogens is 2. The second-order valence-corrected chi connectivity index (χ2v) is 6.67. The van der Waals surface area contributed by atoms with Gasteiger partial charge in [0.25, 0.3) is 0 Å². The Morgan fingerprint density at radius 3 is 2.44 bits per heavy atom. The van der Waals surface area contributed by atoms with Crippen molar-refractivity contribution in [3.8, 4) is 0 Å². The van der Waals surface area contributed by atoms with E-state index in [0.29, 0.717) is 25.5 Å². The maximum Gasteiger partial charge on any atom is 0.240 e. The van der Waals surface area contributed by atoms with Crippen LogP contribution in [-0.2, 0) is 12.0 Å². The summed E-state index contributed by atoms with van der Waals surface area (Å²) in [5.41, 5.74) is -0.637. The largest absolute Gasteiger partial charge is 0.387 e. The first-order chi connectivity index (χ1) is 8.21. The molecule has 0 radical (unpaired) electrons. The molecule has 18 heavy (non-hydrogen) atoms. The summed E-state index contributed by atoms with van der Waals surface area (Å²) in [4.78, 5) is 6.52. The van der Waals surface area contributed by atoms with E-state index in [9.17, 15) is 5.11 Å². The Balaban J connectivity index is 1.91. The van der Waals surface area contributed by atoms with E-state index >= 15 is 0 Å². The monoisotopic (exact) mass is 253 g/mol. The highest BCUT2D eigenvalue weighted by molar-refractivity contribution is 5.02. The molecular weight excluding hydrogens is 230 g/mol. The summed E-state index contributed by atoms with van der Waals surface area (Å²) >= 11 is 0. The number of rotatable bonds is 3. The minimum absolute atomic E-state index is 0.0879. The van der Waals surface area contributed by atoms with Gasteiger partial charge in [-0.15, -0.1) is 0 Å². The molecule has 1 aliphatic heterocycles. The van der Waals surface area contributed by atoms with Crippen LogP contribution in [0.4, 0.5) is 0 Å². The van der Waals surface area contributed by atoms with E-state index < -0.39 is 5.60 Å². The number of likely N-dealkylation sites (tertiary alicyclic amines) is 1. The lowest BCUT2D eigenvalue weighted by Gasteiger charge is -2.48. The third kappa shape index (κ3) is 2.57. The van der Waals surface area contributed by atoms with Crippen molar-refractivity contribution < 1.29 is 9.63 Å². The lowest BCUT2D eigenvalue weighted by Crippen LogP contribution is -2.63. The van der Waals surface area contributed by atoms with Crippen molar-refractivity contribution in [2.75, 3.05) is 13.1 Å². The summed E-state index contributed by atoms with van der Waals surface area (Å²) in [5.74, 6) is 1.64. The second-order valence-electron chi connectivity index (χ2n) is 6.67. The fraction of sp³-hybridized carbons (Fsp3) is 0.846. The van der Waals surface area contributed by atoms with Crippen molar-refractivity contribution in [2.45, 2.75) is 52.2 Å². The third-order valence-corrected chi connectivity index (χ3v) is 3.57. The Morgan fingerprint density at radius 1 is 1.39 bits per heavy atom. The fourth-order valence-electron chi connectivity index (χ4n) is 2.02. The maximum absolute atomic E-state index is 10.2. The Bertz CT molecular complexity index is 414. The van der Waals surface area contributed by atoms with E-state index in [2.05, 4.69) is 35.8 Å². The molecule has 0 aliphatic carbocycles. The molecule has 2 rings (SSSR count). The molecule has 0 saturated carbocycles. The van der Waals surface area contributed by atoms with Gasteiger partial charge in [0.15, 0.2) is 5.82 Å². The molecule has 0 amide bonds. The standard InChI is InChI=1S/C13H23N3O2/c1-9(2)13(17)7-16(8-13)6-10-14-11(15-18-10)12(3,4)5/h9,17H,6-8H2,1-5H3. The van der Waals surface area contributed by atoms with Crippen LogP contribution in [0.3, 0.4) is 0 Å². The van der Waals surface area contributed by atoms with Crippen LogP contribution < -0.4 is 0 Å². The highest BCUT2D eigenvalue weighted by Crippen LogP contribution is 2.29. The predicted octanol–water partition coefficient (Wildman–Crippen LogP) is 1.57. The second kappa shape index (κ2) is 4.31. The lowest BCUT2D eigenvalue weighted by molar-refractivity contribution is -0.133. The highest BCUT2D eigenvalue weighted by Gasteiger charge is 2.43. The van der Waals surface area contributed by atoms with Crippen molar-refractivity contribution in [2.24, 2.45) is 5.92 Å². The zero-order valence-electron chi connectivity index (χ0n) is 11.9. The summed E-state index contributed by atoms with van der Waals surface area (Å²) in [6.45, 7) is 12.2. The third-order valence-electron chi connectivity index (χ3n) is 3.57. The summed E-state index contributed by atoms with van der Waals surface area (Å²) in [6, 6.07) is 0. The van der Waals surface area contributed by atoms with E-state index in [4.69, 9.17) is 4.52 Å². The van der Waals surface area contributed by atoms with Crippen LogP contribution in [-0.4, -0.2) is 38.8 Å². The van der Waals surface area contributed by atoms with Gasteiger partial charge in [0.2, 0.25) is 5.89 Å². The molecule has 2 heterocycles. The molecule has 1 aromatic heterocycles. The maximum atomic E-state index is 10.2. The average Bonchev–Trinajstić information content (AvgIpc) is 2.62. The normalized spacial score (nSPS) is 20.2. The van der Waals surface area contributed by atoms with Crippen LogP contribution in [0.1, 0.15) is 46.3 Å². The summed E-state index contributed by atoms with van der Waals surface area (Å²) in [6.07, 6.45) is 0. The van der Waals surface area contributed by atoms with Crippen LogP contribution in [0.2, 0.25) is 0 Å². The van der Waals surface area contributed by atoms with Gasteiger partial charge in [-0.05, 0) is 5.92 Å². The number of hydrogen-bond donors (Lipinski definition) is 1. The number of hydrogen-bond acceptors (Lipinski definition) is 5. The van der Waals surface area contributed by atoms with Crippen LogP contribution in [0.5, 0.6) is 0 Å². The Morgan fingerprint density at radius 2 is 2.00 bits per heavy atom. The van der Waals surface area contributed by atoms with E-state index in [-0.39, 0.29) is 11.3 Å². The van der Waals surface area contributed by atoms with Crippen LogP contribution in [0, 0.1) is 5.92 Å². The van der Waals surface area contributed by atoms with Crippen molar-refractivity contribution in [3.05, 3.63) is 11.7 Å². The number of aliphatic hydroxyl groups is 1. The molecule has 1 saturated heterocycles. The number of β-amino-alcohol motifs (C(OH)–C–C–N with tert-alkyl or cyclic N) is 1. The van der Waals surface area contributed by atoms with Gasteiger partial charge in [-0.1, -0.05) is 39.8 Å². The number of nitrogens with zero attached hydrogens (tertiary/aromatic N) is 3. The van der Waals surface area contributed by atoms with Crippen molar-refractivity contribution in [1.82, 2.24) is 15.0 Å². The first kappa shape index (κ1) is 13.5. The molecule has 0 bridgehead atoms. The molecule has 1 N–H and O–H groups in total. The molecule has 1 aliphatic rings. The van der Waals surface area contributed by atoms with Gasteiger partial charge in [-0.25, -0.2) is 0 Å². The lowest BCUT2D eigenvalue weighted by atomic mass is 9.83. The highest BCUT2D eigenvalue weighted by atomic mass is 16.5. The minimum Gasteiger partial charge on any atom is -0.387 e. The summed E-state index contributed by atoms with van der Waals surface area (Å²) in [5, 5.41) is 14.2. The van der Waals surface area contributed by atoms with E-state index in [1.165, 1.54) is 0 Å². The molecule has 0 aromatic carbocycles. The van der Waals surface area contributed by atoms with E-state index in [1.54, 1.807) is 0 Å². The van der Waals surface area contributed by atoms with Crippen molar-refractivity contribution in [1.29, 1.82) is 0 Å². The molecule has 1 fully saturated rings. The fourth-order valence-corrected chi connectivity index (χ4v) is 2.02. The van der Waals surface area contributed by atoms with Gasteiger partial charge in [-0.2, -0.15) is 4.98 Å². The average molecular weight is 253 g/mol. The smallest absolute Gasteiger partial charge is 0.240 e. The first-order valence-corrected chi connectivity index (χ1v) is 6.48. The first-order valence-electron chi connectivity index (χ1n) is 6.48. The Kier molecular flexibility index (Phi) is 3.23. The van der Waals surface area contributed by atoms with E-state index in [0.717, 1.165) is 5.82 Å². The van der Waals surface area contributed by atoms with Gasteiger partial charge in [0, 0.05) is 18.5 Å². The topological polar surface area (TPSA) is 62.4 Å². The van der Waals surface area contributed by atoms with Gasteiger partial charge < -0.3 is 9.63 Å². The SMILES string of the molecule is CC(C)C1(O)CN(Cc2nc(C(C)(C)C)no2)C1. The molecule has 0 spiro atoms. The van der Waals surface area contributed by atoms with Crippen LogP contribution in [0.25, 0.3) is 0 Å². The molecule has 102 valence electrons. The molecular formula is C13H23N3O2. The van der Waals surface area contributed by atoms with Crippen molar-refractivity contribution in [3.63, 3.8) is 0 Å². The van der Waals surface area contributed by atoms with Crippen LogP contribution in [0.15, 0.2) is 4.52 Å². The predicted molar refractivity (Wildman–Crippen MR) is 68.1 cm³/mol. The van der Waals surface area contributed by atoms with Crippen molar-refractivity contribution >= 4 is 0 Å². The molecule has 1 aromatic rings. The molecule has 0 unspecified atom stereocenters. The van der Waals surface area contributed by atoms with Gasteiger partial charge in [0.05, 0.1) is 12.1 Å². The zero-order valence-corrected chi connectivity index (χ0v) is 11.9. The molecule has 5 nitrogen and oxygen atoms in total. The zero-order chi connectivity index (χ0) is 13.6. The molecule has 0 atom stereocenters. The van der Waals surface area contributed by atoms with Gasteiger partial charge >= 0.3 is 0 Å². The quantitative estimate of drug-likeness (QED) is 0.886.